The number of hydrogen-bond donors (Lipinski definition) is 2. The molecule has 0 atom stereocenters. The molecule has 5 nitrogen and oxygen atoms in total. The fraction of sp³-hybridized carbons (Fsp3) is 0.684. The maximum atomic E-state index is 12.8. The summed E-state index contributed by atoms with van der Waals surface area (Å²) in [6, 6.07) is 0. The van der Waals surface area contributed by atoms with Gasteiger partial charge in [0.05, 0.1) is 13.0 Å². The van der Waals surface area contributed by atoms with Crippen molar-refractivity contribution in [3.63, 3.8) is 0 Å². The second-order valence-corrected chi connectivity index (χ2v) is 8.08. The molecule has 2 rings (SSSR count). The van der Waals surface area contributed by atoms with E-state index in [4.69, 9.17) is 5.11 Å². The highest BCUT2D eigenvalue weighted by Gasteiger charge is 2.37. The lowest BCUT2D eigenvalue weighted by atomic mass is 9.75. The van der Waals surface area contributed by atoms with E-state index in [9.17, 15) is 9.59 Å². The lowest BCUT2D eigenvalue weighted by molar-refractivity contribution is -0.120. The number of aromatic nitrogens is 1. The Labute approximate surface area is 144 Å². The smallest absolute Gasteiger partial charge is 0.224 e. The van der Waals surface area contributed by atoms with Crippen LogP contribution in [0.25, 0.3) is 0 Å². The van der Waals surface area contributed by atoms with E-state index in [1.165, 1.54) is 0 Å². The number of aliphatic hydroxyl groups excluding tert-OH is 1. The molecule has 1 aromatic rings. The van der Waals surface area contributed by atoms with E-state index in [1.54, 1.807) is 0 Å². The third-order valence-corrected chi connectivity index (χ3v) is 4.64. The lowest BCUT2D eigenvalue weighted by Gasteiger charge is -2.30. The predicted octanol–water partition coefficient (Wildman–Crippen LogP) is 2.26. The second kappa shape index (κ2) is 7.09. The first kappa shape index (κ1) is 18.7. The molecule has 1 aromatic heterocycles. The van der Waals surface area contributed by atoms with E-state index in [-0.39, 0.29) is 36.7 Å². The third kappa shape index (κ3) is 3.89. The lowest BCUT2D eigenvalue weighted by Crippen LogP contribution is -2.30. The van der Waals surface area contributed by atoms with Crippen molar-refractivity contribution in [1.29, 1.82) is 0 Å². The van der Waals surface area contributed by atoms with Gasteiger partial charge in [-0.15, -0.1) is 0 Å². The number of Topliss-reactive ketones (excluding diaryl/α,β-unsaturated/α-hetero) is 1. The second-order valence-electron chi connectivity index (χ2n) is 8.08. The summed E-state index contributed by atoms with van der Waals surface area (Å²) in [5.74, 6) is 0.475. The minimum absolute atomic E-state index is 0.0416. The third-order valence-electron chi connectivity index (χ3n) is 4.64. The molecule has 2 N–H and O–H groups in total. The van der Waals surface area contributed by atoms with Gasteiger partial charge in [-0.05, 0) is 30.2 Å². The number of ketones is 1. The molecule has 1 heterocycles. The SMILES string of the molecule is Cc1c(CC(=O)NCCO)c2c(n1CC(C)C)CC(C)(C)CC2=O. The zero-order valence-corrected chi connectivity index (χ0v) is 15.5. The number of fused-ring (bicyclic) bond motifs is 1. The van der Waals surface area contributed by atoms with Gasteiger partial charge in [0.1, 0.15) is 0 Å². The van der Waals surface area contributed by atoms with Crippen LogP contribution < -0.4 is 5.32 Å². The van der Waals surface area contributed by atoms with E-state index < -0.39 is 0 Å². The fourth-order valence-corrected chi connectivity index (χ4v) is 3.65. The van der Waals surface area contributed by atoms with Crippen LogP contribution in [0.2, 0.25) is 0 Å². The van der Waals surface area contributed by atoms with Crippen LogP contribution in [0.4, 0.5) is 0 Å². The summed E-state index contributed by atoms with van der Waals surface area (Å²) in [7, 11) is 0. The van der Waals surface area contributed by atoms with Crippen molar-refractivity contribution in [2.75, 3.05) is 13.2 Å². The zero-order valence-electron chi connectivity index (χ0n) is 15.5. The normalized spacial score (nSPS) is 16.4. The molecule has 0 bridgehead atoms. The Hall–Kier alpha value is -1.62. The van der Waals surface area contributed by atoms with Crippen molar-refractivity contribution in [3.8, 4) is 0 Å². The Kier molecular flexibility index (Phi) is 5.53. The molecule has 24 heavy (non-hydrogen) atoms. The molecule has 0 saturated carbocycles. The summed E-state index contributed by atoms with van der Waals surface area (Å²) in [4.78, 5) is 24.9. The van der Waals surface area contributed by atoms with Crippen LogP contribution in [0, 0.1) is 18.3 Å². The predicted molar refractivity (Wildman–Crippen MR) is 94.2 cm³/mol. The average molecular weight is 334 g/mol. The molecule has 134 valence electrons. The molecule has 1 aliphatic carbocycles. The van der Waals surface area contributed by atoms with Crippen molar-refractivity contribution >= 4 is 11.7 Å². The number of nitrogens with one attached hydrogen (secondary N) is 1. The Balaban J connectivity index is 2.46. The summed E-state index contributed by atoms with van der Waals surface area (Å²) in [6.45, 7) is 11.6. The largest absolute Gasteiger partial charge is 0.395 e. The summed E-state index contributed by atoms with van der Waals surface area (Å²) < 4.78 is 2.24. The van der Waals surface area contributed by atoms with Crippen molar-refractivity contribution in [3.05, 3.63) is 22.5 Å². The van der Waals surface area contributed by atoms with Gasteiger partial charge in [-0.3, -0.25) is 9.59 Å². The molecule has 0 spiro atoms. The molecule has 1 amide bonds. The number of aliphatic hydroxyl groups is 1. The number of hydrogen-bond acceptors (Lipinski definition) is 3. The van der Waals surface area contributed by atoms with E-state index >= 15 is 0 Å². The maximum absolute atomic E-state index is 12.8. The Morgan fingerprint density at radius 3 is 2.58 bits per heavy atom. The molecule has 1 aliphatic rings. The van der Waals surface area contributed by atoms with Crippen LogP contribution in [0.5, 0.6) is 0 Å². The quantitative estimate of drug-likeness (QED) is 0.838. The maximum Gasteiger partial charge on any atom is 0.224 e. The molecule has 0 radical (unpaired) electrons. The Bertz CT molecular complexity index is 642. The van der Waals surface area contributed by atoms with Crippen LogP contribution in [0.15, 0.2) is 0 Å². The fourth-order valence-electron chi connectivity index (χ4n) is 3.65. The van der Waals surface area contributed by atoms with Gasteiger partial charge in [0.25, 0.3) is 0 Å². The van der Waals surface area contributed by atoms with Gasteiger partial charge in [-0.1, -0.05) is 27.7 Å². The first-order valence-electron chi connectivity index (χ1n) is 8.78. The molecule has 0 saturated heterocycles. The highest BCUT2D eigenvalue weighted by atomic mass is 16.3. The van der Waals surface area contributed by atoms with Gasteiger partial charge in [0.2, 0.25) is 5.91 Å². The van der Waals surface area contributed by atoms with Crippen LogP contribution in [0.3, 0.4) is 0 Å². The molecule has 0 aliphatic heterocycles. The van der Waals surface area contributed by atoms with Crippen LogP contribution in [-0.2, 0) is 24.2 Å². The number of rotatable bonds is 6. The highest BCUT2D eigenvalue weighted by molar-refractivity contribution is 6.01. The monoisotopic (exact) mass is 334 g/mol. The summed E-state index contributed by atoms with van der Waals surface area (Å²) >= 11 is 0. The molecule has 0 aromatic carbocycles. The van der Waals surface area contributed by atoms with Crippen LogP contribution in [-0.4, -0.2) is 34.5 Å². The minimum Gasteiger partial charge on any atom is -0.395 e. The Morgan fingerprint density at radius 1 is 1.33 bits per heavy atom. The molecule has 0 unspecified atom stereocenters. The zero-order chi connectivity index (χ0) is 18.1. The number of carbonyl (C=O) groups excluding carboxylic acids is 2. The van der Waals surface area contributed by atoms with Gasteiger partial charge >= 0.3 is 0 Å². The van der Waals surface area contributed by atoms with Crippen molar-refractivity contribution in [1.82, 2.24) is 9.88 Å². The first-order valence-corrected chi connectivity index (χ1v) is 8.78. The minimum atomic E-state index is -0.144. The van der Waals surface area contributed by atoms with E-state index in [1.807, 2.05) is 6.92 Å². The Morgan fingerprint density at radius 2 is 2.00 bits per heavy atom. The summed E-state index contributed by atoms with van der Waals surface area (Å²) in [5.41, 5.74) is 3.71. The van der Waals surface area contributed by atoms with Crippen molar-refractivity contribution < 1.29 is 14.7 Å². The summed E-state index contributed by atoms with van der Waals surface area (Å²) in [6.07, 6.45) is 1.59. The first-order chi connectivity index (χ1) is 11.2. The molecular weight excluding hydrogens is 304 g/mol. The number of nitrogens with zero attached hydrogens (tertiary/aromatic N) is 1. The van der Waals surface area contributed by atoms with Gasteiger partial charge in [0, 0.05) is 36.5 Å². The van der Waals surface area contributed by atoms with E-state index in [2.05, 4.69) is 37.6 Å². The van der Waals surface area contributed by atoms with Crippen LogP contribution >= 0.6 is 0 Å². The van der Waals surface area contributed by atoms with Gasteiger partial charge in [-0.2, -0.15) is 0 Å². The topological polar surface area (TPSA) is 71.3 Å². The van der Waals surface area contributed by atoms with E-state index in [0.717, 1.165) is 35.5 Å². The average Bonchev–Trinajstić information content (AvgIpc) is 2.69. The number of carbonyl (C=O) groups is 2. The highest BCUT2D eigenvalue weighted by Crippen LogP contribution is 2.39. The van der Waals surface area contributed by atoms with Crippen molar-refractivity contribution in [2.24, 2.45) is 11.3 Å². The number of amides is 1. The van der Waals surface area contributed by atoms with E-state index in [0.29, 0.717) is 12.3 Å². The molecule has 5 heteroatoms. The standard InChI is InChI=1S/C19H30N2O3/c1-12(2)11-21-13(3)14(8-17(24)20-6-7-22)18-15(21)9-19(4,5)10-16(18)23/h12,22H,6-11H2,1-5H3,(H,20,24). The van der Waals surface area contributed by atoms with Crippen molar-refractivity contribution in [2.45, 2.75) is 60.4 Å². The molecule has 0 fully saturated rings. The summed E-state index contributed by atoms with van der Waals surface area (Å²) in [5, 5.41) is 11.5. The van der Waals surface area contributed by atoms with Gasteiger partial charge < -0.3 is 15.0 Å². The van der Waals surface area contributed by atoms with Gasteiger partial charge in [-0.25, -0.2) is 0 Å². The van der Waals surface area contributed by atoms with Crippen LogP contribution in [0.1, 0.15) is 61.4 Å². The molecular formula is C19H30N2O3. The van der Waals surface area contributed by atoms with Gasteiger partial charge in [0.15, 0.2) is 5.78 Å².